The van der Waals surface area contributed by atoms with Crippen LogP contribution >= 0.6 is 11.3 Å². The van der Waals surface area contributed by atoms with Crippen molar-refractivity contribution in [3.8, 4) is 16.3 Å². The van der Waals surface area contributed by atoms with Gasteiger partial charge in [0.2, 0.25) is 0 Å². The van der Waals surface area contributed by atoms with Crippen LogP contribution in [0.15, 0.2) is 66.7 Å². The summed E-state index contributed by atoms with van der Waals surface area (Å²) < 4.78 is 6.72. The fraction of sp³-hybridized carbons (Fsp3) is 0.130. The SMILES string of the molecule is CCOc1ccccc1C(=O)Nc1ccc(-c2nc3ccc(C)cc3s2)cc1. The Morgan fingerprint density at radius 2 is 1.86 bits per heavy atom. The van der Waals surface area contributed by atoms with Crippen LogP contribution in [0.3, 0.4) is 0 Å². The van der Waals surface area contributed by atoms with Crippen LogP contribution in [-0.4, -0.2) is 17.5 Å². The first-order valence-corrected chi connectivity index (χ1v) is 9.96. The summed E-state index contributed by atoms with van der Waals surface area (Å²) in [7, 11) is 0. The van der Waals surface area contributed by atoms with Crippen LogP contribution in [0.25, 0.3) is 20.8 Å². The van der Waals surface area contributed by atoms with Gasteiger partial charge in [0.1, 0.15) is 10.8 Å². The van der Waals surface area contributed by atoms with Gasteiger partial charge in [-0.1, -0.05) is 18.2 Å². The predicted molar refractivity (Wildman–Crippen MR) is 115 cm³/mol. The Morgan fingerprint density at radius 1 is 1.07 bits per heavy atom. The van der Waals surface area contributed by atoms with E-state index >= 15 is 0 Å². The fourth-order valence-electron chi connectivity index (χ4n) is 2.99. The first kappa shape index (κ1) is 18.2. The molecular formula is C23H20N2O2S. The highest BCUT2D eigenvalue weighted by molar-refractivity contribution is 7.21. The summed E-state index contributed by atoms with van der Waals surface area (Å²) in [6, 6.07) is 21.3. The Morgan fingerprint density at radius 3 is 2.64 bits per heavy atom. The molecule has 0 aliphatic carbocycles. The smallest absolute Gasteiger partial charge is 0.259 e. The second-order valence-corrected chi connectivity index (χ2v) is 7.48. The Balaban J connectivity index is 1.54. The van der Waals surface area contributed by atoms with Gasteiger partial charge in [0, 0.05) is 11.3 Å². The molecule has 0 bridgehead atoms. The van der Waals surface area contributed by atoms with Crippen molar-refractivity contribution in [2.75, 3.05) is 11.9 Å². The summed E-state index contributed by atoms with van der Waals surface area (Å²) in [5.74, 6) is 0.399. The molecule has 4 aromatic rings. The second kappa shape index (κ2) is 7.82. The molecule has 1 N–H and O–H groups in total. The van der Waals surface area contributed by atoms with Gasteiger partial charge in [-0.2, -0.15) is 0 Å². The molecule has 0 fully saturated rings. The van der Waals surface area contributed by atoms with Crippen LogP contribution in [-0.2, 0) is 0 Å². The maximum atomic E-state index is 12.6. The summed E-state index contributed by atoms with van der Waals surface area (Å²) in [6.07, 6.45) is 0. The van der Waals surface area contributed by atoms with Gasteiger partial charge in [0.05, 0.1) is 22.4 Å². The number of rotatable bonds is 5. The molecule has 5 heteroatoms. The molecule has 0 aliphatic rings. The molecule has 0 saturated carbocycles. The summed E-state index contributed by atoms with van der Waals surface area (Å²) >= 11 is 1.67. The number of hydrogen-bond donors (Lipinski definition) is 1. The molecule has 1 heterocycles. The highest BCUT2D eigenvalue weighted by atomic mass is 32.1. The van der Waals surface area contributed by atoms with Crippen molar-refractivity contribution in [2.24, 2.45) is 0 Å². The van der Waals surface area contributed by atoms with Gasteiger partial charge in [-0.25, -0.2) is 4.98 Å². The summed E-state index contributed by atoms with van der Waals surface area (Å²) in [6.45, 7) is 4.50. The lowest BCUT2D eigenvalue weighted by molar-refractivity contribution is 0.102. The maximum Gasteiger partial charge on any atom is 0.259 e. The number of hydrogen-bond acceptors (Lipinski definition) is 4. The first-order valence-electron chi connectivity index (χ1n) is 9.15. The number of amides is 1. The Bertz CT molecular complexity index is 1130. The number of benzene rings is 3. The van der Waals surface area contributed by atoms with Crippen LogP contribution in [0, 0.1) is 6.92 Å². The van der Waals surface area contributed by atoms with Crippen LogP contribution in [0.4, 0.5) is 5.69 Å². The molecule has 28 heavy (non-hydrogen) atoms. The molecule has 3 aromatic carbocycles. The number of thiazole rings is 1. The third kappa shape index (κ3) is 3.75. The van der Waals surface area contributed by atoms with Gasteiger partial charge < -0.3 is 10.1 Å². The zero-order chi connectivity index (χ0) is 19.5. The lowest BCUT2D eigenvalue weighted by atomic mass is 10.1. The molecule has 0 radical (unpaired) electrons. The molecule has 0 unspecified atom stereocenters. The van der Waals surface area contributed by atoms with Crippen molar-refractivity contribution in [2.45, 2.75) is 13.8 Å². The summed E-state index contributed by atoms with van der Waals surface area (Å²) in [5, 5.41) is 3.91. The number of anilines is 1. The summed E-state index contributed by atoms with van der Waals surface area (Å²) in [5.41, 5.74) is 4.53. The third-order valence-corrected chi connectivity index (χ3v) is 5.43. The Labute approximate surface area is 167 Å². The molecule has 1 amide bonds. The van der Waals surface area contributed by atoms with E-state index in [-0.39, 0.29) is 5.91 Å². The topological polar surface area (TPSA) is 51.2 Å². The molecule has 4 rings (SSSR count). The van der Waals surface area contributed by atoms with Gasteiger partial charge in [0.15, 0.2) is 0 Å². The van der Waals surface area contributed by atoms with Crippen LogP contribution in [0.1, 0.15) is 22.8 Å². The van der Waals surface area contributed by atoms with Crippen LogP contribution in [0.5, 0.6) is 5.75 Å². The molecule has 0 saturated heterocycles. The fourth-order valence-corrected chi connectivity index (χ4v) is 4.05. The molecular weight excluding hydrogens is 368 g/mol. The summed E-state index contributed by atoms with van der Waals surface area (Å²) in [4.78, 5) is 17.3. The average molecular weight is 388 g/mol. The molecule has 4 nitrogen and oxygen atoms in total. The highest BCUT2D eigenvalue weighted by Crippen LogP contribution is 2.31. The van der Waals surface area contributed by atoms with Crippen LogP contribution in [0.2, 0.25) is 0 Å². The second-order valence-electron chi connectivity index (χ2n) is 6.45. The number of nitrogens with zero attached hydrogens (tertiary/aromatic N) is 1. The van der Waals surface area contributed by atoms with Gasteiger partial charge in [-0.15, -0.1) is 11.3 Å². The minimum absolute atomic E-state index is 0.188. The largest absolute Gasteiger partial charge is 0.493 e. The molecule has 0 spiro atoms. The molecule has 0 atom stereocenters. The van der Waals surface area contributed by atoms with E-state index < -0.39 is 0 Å². The van der Waals surface area contributed by atoms with E-state index in [9.17, 15) is 4.79 Å². The quantitative estimate of drug-likeness (QED) is 0.461. The van der Waals surface area contributed by atoms with Crippen LogP contribution < -0.4 is 10.1 Å². The number of para-hydroxylation sites is 1. The lowest BCUT2D eigenvalue weighted by Crippen LogP contribution is -2.13. The third-order valence-electron chi connectivity index (χ3n) is 4.37. The predicted octanol–water partition coefficient (Wildman–Crippen LogP) is 5.92. The molecule has 1 aromatic heterocycles. The number of aryl methyl sites for hydroxylation is 1. The highest BCUT2D eigenvalue weighted by Gasteiger charge is 2.12. The van der Waals surface area contributed by atoms with Crippen molar-refractivity contribution < 1.29 is 9.53 Å². The van der Waals surface area contributed by atoms with Crippen molar-refractivity contribution in [1.29, 1.82) is 0 Å². The van der Waals surface area contributed by atoms with E-state index in [1.54, 1.807) is 23.5 Å². The molecule has 140 valence electrons. The minimum Gasteiger partial charge on any atom is -0.493 e. The van der Waals surface area contributed by atoms with E-state index in [1.165, 1.54) is 10.3 Å². The standard InChI is InChI=1S/C23H20N2O2S/c1-3-27-20-7-5-4-6-18(20)22(26)24-17-11-9-16(10-12-17)23-25-19-13-8-15(2)14-21(19)28-23/h4-14H,3H2,1-2H3,(H,24,26). The zero-order valence-corrected chi connectivity index (χ0v) is 16.5. The Kier molecular flexibility index (Phi) is 5.08. The Hall–Kier alpha value is -3.18. The monoisotopic (exact) mass is 388 g/mol. The van der Waals surface area contributed by atoms with E-state index in [4.69, 9.17) is 9.72 Å². The first-order chi connectivity index (χ1) is 13.6. The maximum absolute atomic E-state index is 12.6. The van der Waals surface area contributed by atoms with E-state index in [0.29, 0.717) is 17.9 Å². The number of carbonyl (C=O) groups excluding carboxylic acids is 1. The number of aromatic nitrogens is 1. The number of carbonyl (C=O) groups is 1. The normalized spacial score (nSPS) is 10.8. The van der Waals surface area contributed by atoms with Crippen molar-refractivity contribution in [3.05, 3.63) is 77.9 Å². The van der Waals surface area contributed by atoms with Crippen molar-refractivity contribution >= 4 is 33.1 Å². The van der Waals surface area contributed by atoms with Gasteiger partial charge in [0.25, 0.3) is 5.91 Å². The van der Waals surface area contributed by atoms with Gasteiger partial charge in [-0.05, 0) is 67.9 Å². The number of nitrogens with one attached hydrogen (secondary N) is 1. The molecule has 0 aliphatic heterocycles. The lowest BCUT2D eigenvalue weighted by Gasteiger charge is -2.10. The van der Waals surface area contributed by atoms with Gasteiger partial charge in [-0.3, -0.25) is 4.79 Å². The average Bonchev–Trinajstić information content (AvgIpc) is 3.12. The van der Waals surface area contributed by atoms with Crippen molar-refractivity contribution in [3.63, 3.8) is 0 Å². The van der Waals surface area contributed by atoms with Gasteiger partial charge >= 0.3 is 0 Å². The minimum atomic E-state index is -0.188. The van der Waals surface area contributed by atoms with E-state index in [0.717, 1.165) is 21.8 Å². The zero-order valence-electron chi connectivity index (χ0n) is 15.7. The number of fused-ring (bicyclic) bond motifs is 1. The van der Waals surface area contributed by atoms with E-state index in [1.807, 2.05) is 43.3 Å². The van der Waals surface area contributed by atoms with Crippen molar-refractivity contribution in [1.82, 2.24) is 4.98 Å². The van der Waals surface area contributed by atoms with E-state index in [2.05, 4.69) is 30.4 Å². The number of ether oxygens (including phenoxy) is 1.